The van der Waals surface area contributed by atoms with Gasteiger partial charge in [-0.3, -0.25) is 4.79 Å². The van der Waals surface area contributed by atoms with Crippen LogP contribution in [0.3, 0.4) is 0 Å². The summed E-state index contributed by atoms with van der Waals surface area (Å²) in [6, 6.07) is 4.79. The number of benzene rings is 1. The molecule has 0 radical (unpaired) electrons. The Kier molecular flexibility index (Phi) is 6.00. The number of piperidine rings is 1. The molecule has 1 atom stereocenters. The van der Waals surface area contributed by atoms with Gasteiger partial charge in [-0.25, -0.2) is 4.39 Å². The minimum atomic E-state index is -0.403. The third-order valence-electron chi connectivity index (χ3n) is 4.06. The van der Waals surface area contributed by atoms with E-state index < -0.39 is 5.82 Å². The first kappa shape index (κ1) is 16.2. The summed E-state index contributed by atoms with van der Waals surface area (Å²) in [4.78, 5) is 14.4. The summed E-state index contributed by atoms with van der Waals surface area (Å²) < 4.78 is 13.8. The van der Waals surface area contributed by atoms with E-state index >= 15 is 0 Å². The van der Waals surface area contributed by atoms with Gasteiger partial charge in [0.1, 0.15) is 5.82 Å². The third kappa shape index (κ3) is 4.17. The average Bonchev–Trinajstić information content (AvgIpc) is 2.49. The fourth-order valence-electron chi connectivity index (χ4n) is 2.89. The minimum absolute atomic E-state index is 0.0252. The molecule has 1 aliphatic rings. The van der Waals surface area contributed by atoms with E-state index in [4.69, 9.17) is 11.6 Å². The fourth-order valence-corrected chi connectivity index (χ4v) is 3.12. The summed E-state index contributed by atoms with van der Waals surface area (Å²) in [5, 5.41) is 3.45. The number of carbonyl (C=O) groups excluding carboxylic acids is 1. The number of likely N-dealkylation sites (tertiary alicyclic amines) is 1. The maximum absolute atomic E-state index is 13.8. The van der Waals surface area contributed by atoms with Crippen molar-refractivity contribution in [2.45, 2.75) is 38.1 Å². The highest BCUT2D eigenvalue weighted by Gasteiger charge is 2.27. The van der Waals surface area contributed by atoms with Gasteiger partial charge in [-0.15, -0.1) is 0 Å². The Hall–Kier alpha value is -1.13. The van der Waals surface area contributed by atoms with Crippen molar-refractivity contribution in [1.29, 1.82) is 0 Å². The molecule has 1 unspecified atom stereocenters. The van der Waals surface area contributed by atoms with Gasteiger partial charge in [-0.1, -0.05) is 17.7 Å². The summed E-state index contributed by atoms with van der Waals surface area (Å²) in [5.74, 6) is -0.428. The molecule has 0 aliphatic carbocycles. The minimum Gasteiger partial charge on any atom is -0.339 e. The van der Waals surface area contributed by atoms with Crippen LogP contribution in [-0.4, -0.2) is 37.0 Å². The van der Waals surface area contributed by atoms with Crippen LogP contribution < -0.4 is 5.32 Å². The van der Waals surface area contributed by atoms with Gasteiger partial charge in [0.2, 0.25) is 5.91 Å². The first-order valence-corrected chi connectivity index (χ1v) is 7.88. The highest BCUT2D eigenvalue weighted by atomic mass is 35.5. The standard InChI is InChI=1S/C16H22ClFN2O/c1-19-9-8-12-5-2-3-10-20(12)16(21)11-13-14(17)6-4-7-15(13)18/h4,6-7,12,19H,2-3,5,8-11H2,1H3. The molecule has 1 aliphatic heterocycles. The van der Waals surface area contributed by atoms with Crippen molar-refractivity contribution in [2.75, 3.05) is 20.1 Å². The van der Waals surface area contributed by atoms with Crippen LogP contribution in [0.25, 0.3) is 0 Å². The molecule has 1 saturated heterocycles. The third-order valence-corrected chi connectivity index (χ3v) is 4.42. The molecule has 2 rings (SSSR count). The zero-order chi connectivity index (χ0) is 15.2. The lowest BCUT2D eigenvalue weighted by atomic mass is 9.98. The Morgan fingerprint density at radius 2 is 2.29 bits per heavy atom. The zero-order valence-corrected chi connectivity index (χ0v) is 13.1. The van der Waals surface area contributed by atoms with Crippen LogP contribution in [0.4, 0.5) is 4.39 Å². The number of hydrogen-bond acceptors (Lipinski definition) is 2. The maximum atomic E-state index is 13.8. The second kappa shape index (κ2) is 7.76. The van der Waals surface area contributed by atoms with Crippen LogP contribution in [0.15, 0.2) is 18.2 Å². The highest BCUT2D eigenvalue weighted by molar-refractivity contribution is 6.31. The van der Waals surface area contributed by atoms with Gasteiger partial charge in [-0.05, 0) is 51.4 Å². The highest BCUT2D eigenvalue weighted by Crippen LogP contribution is 2.24. The first-order chi connectivity index (χ1) is 10.1. The molecule has 1 N–H and O–H groups in total. The summed E-state index contributed by atoms with van der Waals surface area (Å²) >= 11 is 6.01. The van der Waals surface area contributed by atoms with E-state index in [1.165, 1.54) is 6.07 Å². The van der Waals surface area contributed by atoms with Crippen molar-refractivity contribution in [3.05, 3.63) is 34.6 Å². The number of amides is 1. The molecule has 116 valence electrons. The van der Waals surface area contributed by atoms with Crippen molar-refractivity contribution in [1.82, 2.24) is 10.2 Å². The molecule has 0 aromatic heterocycles. The molecule has 1 amide bonds. The van der Waals surface area contributed by atoms with Gasteiger partial charge in [0.05, 0.1) is 6.42 Å². The van der Waals surface area contributed by atoms with Crippen LogP contribution in [0, 0.1) is 5.82 Å². The van der Waals surface area contributed by atoms with E-state index in [-0.39, 0.29) is 18.4 Å². The largest absolute Gasteiger partial charge is 0.339 e. The summed E-state index contributed by atoms with van der Waals surface area (Å²) in [6.07, 6.45) is 4.18. The smallest absolute Gasteiger partial charge is 0.227 e. The van der Waals surface area contributed by atoms with E-state index in [2.05, 4.69) is 5.32 Å². The molecule has 3 nitrogen and oxygen atoms in total. The van der Waals surface area contributed by atoms with Crippen LogP contribution >= 0.6 is 11.6 Å². The number of carbonyl (C=O) groups is 1. The van der Waals surface area contributed by atoms with Crippen molar-refractivity contribution in [2.24, 2.45) is 0 Å². The lowest BCUT2D eigenvalue weighted by molar-refractivity contribution is -0.134. The molecule has 0 saturated carbocycles. The molecule has 1 aromatic rings. The van der Waals surface area contributed by atoms with Crippen molar-refractivity contribution in [3.8, 4) is 0 Å². The van der Waals surface area contributed by atoms with Crippen LogP contribution in [0.5, 0.6) is 0 Å². The van der Waals surface area contributed by atoms with Gasteiger partial charge >= 0.3 is 0 Å². The van der Waals surface area contributed by atoms with Gasteiger partial charge in [0.25, 0.3) is 0 Å². The van der Waals surface area contributed by atoms with Crippen LogP contribution in [0.2, 0.25) is 5.02 Å². The van der Waals surface area contributed by atoms with Crippen LogP contribution in [-0.2, 0) is 11.2 Å². The lowest BCUT2D eigenvalue weighted by Crippen LogP contribution is -2.45. The normalized spacial score (nSPS) is 18.8. The van der Waals surface area contributed by atoms with E-state index in [0.29, 0.717) is 10.6 Å². The predicted molar refractivity (Wildman–Crippen MR) is 83.0 cm³/mol. The fraction of sp³-hybridized carbons (Fsp3) is 0.562. The molecule has 0 spiro atoms. The van der Waals surface area contributed by atoms with Gasteiger partial charge in [0, 0.05) is 23.2 Å². The Morgan fingerprint density at radius 1 is 1.48 bits per heavy atom. The van der Waals surface area contributed by atoms with Crippen LogP contribution in [0.1, 0.15) is 31.2 Å². The molecule has 1 aromatic carbocycles. The van der Waals surface area contributed by atoms with E-state index in [1.807, 2.05) is 11.9 Å². The number of hydrogen-bond donors (Lipinski definition) is 1. The second-order valence-corrected chi connectivity index (χ2v) is 5.91. The summed E-state index contributed by atoms with van der Waals surface area (Å²) in [5.41, 5.74) is 0.308. The second-order valence-electron chi connectivity index (χ2n) is 5.51. The SMILES string of the molecule is CNCCC1CCCCN1C(=O)Cc1c(F)cccc1Cl. The monoisotopic (exact) mass is 312 g/mol. The topological polar surface area (TPSA) is 32.3 Å². The van der Waals surface area contributed by atoms with Crippen molar-refractivity contribution in [3.63, 3.8) is 0 Å². The Bertz CT molecular complexity index is 475. The van der Waals surface area contributed by atoms with Crippen molar-refractivity contribution >= 4 is 17.5 Å². The number of nitrogens with one attached hydrogen (secondary N) is 1. The molecule has 5 heteroatoms. The Morgan fingerprint density at radius 3 is 3.00 bits per heavy atom. The van der Waals surface area contributed by atoms with Gasteiger partial charge in [0.15, 0.2) is 0 Å². The van der Waals surface area contributed by atoms with E-state index in [1.54, 1.807) is 12.1 Å². The van der Waals surface area contributed by atoms with E-state index in [0.717, 1.165) is 38.8 Å². The number of nitrogens with zero attached hydrogens (tertiary/aromatic N) is 1. The summed E-state index contributed by atoms with van der Waals surface area (Å²) in [7, 11) is 1.91. The molecular weight excluding hydrogens is 291 g/mol. The zero-order valence-electron chi connectivity index (χ0n) is 12.4. The Balaban J connectivity index is 2.07. The first-order valence-electron chi connectivity index (χ1n) is 7.50. The molecule has 1 heterocycles. The lowest BCUT2D eigenvalue weighted by Gasteiger charge is -2.36. The predicted octanol–water partition coefficient (Wildman–Crippen LogP) is 3.01. The molecule has 21 heavy (non-hydrogen) atoms. The molecule has 0 bridgehead atoms. The Labute approximate surface area is 130 Å². The molecular formula is C16H22ClFN2O. The van der Waals surface area contributed by atoms with Crippen molar-refractivity contribution < 1.29 is 9.18 Å². The summed E-state index contributed by atoms with van der Waals surface area (Å²) in [6.45, 7) is 1.65. The van der Waals surface area contributed by atoms with Gasteiger partial charge < -0.3 is 10.2 Å². The molecule has 1 fully saturated rings. The number of rotatable bonds is 5. The maximum Gasteiger partial charge on any atom is 0.227 e. The number of halogens is 2. The van der Waals surface area contributed by atoms with Gasteiger partial charge in [-0.2, -0.15) is 0 Å². The van der Waals surface area contributed by atoms with E-state index in [9.17, 15) is 9.18 Å². The quantitative estimate of drug-likeness (QED) is 0.906. The average molecular weight is 313 g/mol.